The van der Waals surface area contributed by atoms with Crippen molar-refractivity contribution in [1.82, 2.24) is 9.03 Å². The van der Waals surface area contributed by atoms with Crippen LogP contribution in [0.4, 0.5) is 11.4 Å². The van der Waals surface area contributed by atoms with Crippen molar-refractivity contribution in [3.8, 4) is 11.5 Å². The fourth-order valence-corrected chi connectivity index (χ4v) is 7.66. The fourth-order valence-electron chi connectivity index (χ4n) is 6.00. The Balaban J connectivity index is 1.76. The molecule has 0 fully saturated rings. The number of rotatable bonds is 11. The van der Waals surface area contributed by atoms with Crippen LogP contribution < -0.4 is 19.3 Å². The zero-order valence-electron chi connectivity index (χ0n) is 25.1. The van der Waals surface area contributed by atoms with Gasteiger partial charge in [-0.2, -0.15) is 13.1 Å². The van der Waals surface area contributed by atoms with Crippen molar-refractivity contribution < 1.29 is 27.9 Å². The van der Waals surface area contributed by atoms with Gasteiger partial charge in [0, 0.05) is 74.0 Å². The van der Waals surface area contributed by atoms with Gasteiger partial charge in [0.25, 0.3) is 5.91 Å². The lowest BCUT2D eigenvalue weighted by Crippen LogP contribution is -2.56. The molecule has 11 heteroatoms. The third kappa shape index (κ3) is 5.10. The number of ether oxygens (including phenoxy) is 1. The van der Waals surface area contributed by atoms with Crippen LogP contribution in [0.25, 0.3) is 0 Å². The first-order valence-corrected chi connectivity index (χ1v) is 15.9. The third-order valence-electron chi connectivity index (χ3n) is 8.18. The predicted molar refractivity (Wildman–Crippen MR) is 166 cm³/mol. The van der Waals surface area contributed by atoms with E-state index in [1.54, 1.807) is 36.4 Å². The lowest BCUT2D eigenvalue weighted by atomic mass is 9.75. The number of fused-ring (bicyclic) bond motifs is 6. The van der Waals surface area contributed by atoms with Crippen LogP contribution in [-0.4, -0.2) is 63.9 Å². The highest BCUT2D eigenvalue weighted by molar-refractivity contribution is 7.87. The molecular formula is C32H38N4O6S. The summed E-state index contributed by atoms with van der Waals surface area (Å²) in [5.41, 5.74) is 1.61. The molecule has 2 N–H and O–H groups in total. The largest absolute Gasteiger partial charge is 0.480 e. The van der Waals surface area contributed by atoms with Crippen LogP contribution in [0.15, 0.2) is 60.7 Å². The number of anilines is 2. The third-order valence-corrected chi connectivity index (χ3v) is 9.68. The Morgan fingerprint density at radius 1 is 0.907 bits per heavy atom. The quantitative estimate of drug-likeness (QED) is 0.295. The highest BCUT2D eigenvalue weighted by Gasteiger charge is 2.61. The van der Waals surface area contributed by atoms with Gasteiger partial charge in [-0.1, -0.05) is 62.9 Å². The van der Waals surface area contributed by atoms with Crippen LogP contribution in [0.5, 0.6) is 11.5 Å². The molecule has 1 atom stereocenters. The smallest absolute Gasteiger partial charge is 0.321 e. The maximum Gasteiger partial charge on any atom is 0.321 e. The second-order valence-electron chi connectivity index (χ2n) is 11.4. The molecule has 3 aromatic carbocycles. The zero-order chi connectivity index (χ0) is 31.1. The summed E-state index contributed by atoms with van der Waals surface area (Å²) in [5, 5.41) is 10.00. The van der Waals surface area contributed by atoms with Crippen LogP contribution in [0.3, 0.4) is 0 Å². The number of nitrogens with zero attached hydrogens (tertiary/aromatic N) is 3. The normalized spacial score (nSPS) is 15.4. The number of benzene rings is 3. The monoisotopic (exact) mass is 606 g/mol. The summed E-state index contributed by atoms with van der Waals surface area (Å²) in [6.45, 7) is 2.04. The average Bonchev–Trinajstić information content (AvgIpc) is 3.23. The zero-order valence-corrected chi connectivity index (χ0v) is 25.9. The number of carboxylic acids is 1. The second kappa shape index (κ2) is 11.5. The molecule has 5 rings (SSSR count). The summed E-state index contributed by atoms with van der Waals surface area (Å²) < 4.78 is 38.5. The van der Waals surface area contributed by atoms with Crippen molar-refractivity contribution in [2.24, 2.45) is 0 Å². The average molecular weight is 607 g/mol. The van der Waals surface area contributed by atoms with Crippen molar-refractivity contribution in [3.05, 3.63) is 82.9 Å². The molecule has 2 heterocycles. The van der Waals surface area contributed by atoms with Crippen LogP contribution in [0.1, 0.15) is 66.1 Å². The van der Waals surface area contributed by atoms with Crippen molar-refractivity contribution in [2.45, 2.75) is 50.6 Å². The molecule has 2 aliphatic rings. The molecule has 0 aliphatic carbocycles. The predicted octanol–water partition coefficient (Wildman–Crippen LogP) is 4.93. The molecule has 0 bridgehead atoms. The molecule has 0 saturated heterocycles. The second-order valence-corrected chi connectivity index (χ2v) is 13.0. The Kier molecular flexibility index (Phi) is 8.15. The van der Waals surface area contributed by atoms with E-state index in [4.69, 9.17) is 4.74 Å². The van der Waals surface area contributed by atoms with E-state index < -0.39 is 33.7 Å². The van der Waals surface area contributed by atoms with Gasteiger partial charge in [-0.15, -0.1) is 0 Å². The van der Waals surface area contributed by atoms with Gasteiger partial charge in [-0.25, -0.2) is 4.31 Å². The molecule has 2 aliphatic heterocycles. The molecule has 1 amide bonds. The number of unbranched alkanes of at least 4 members (excludes halogenated alkanes) is 3. The Morgan fingerprint density at radius 2 is 1.49 bits per heavy atom. The van der Waals surface area contributed by atoms with Crippen molar-refractivity contribution >= 4 is 33.5 Å². The fraction of sp³-hybridized carbons (Fsp3) is 0.375. The van der Waals surface area contributed by atoms with E-state index in [2.05, 4.69) is 4.72 Å². The maximum absolute atomic E-state index is 14.4. The molecule has 228 valence electrons. The molecule has 0 saturated carbocycles. The molecular weight excluding hydrogens is 568 g/mol. The van der Waals surface area contributed by atoms with Gasteiger partial charge in [-0.3, -0.25) is 9.59 Å². The maximum atomic E-state index is 14.4. The molecule has 3 aromatic rings. The van der Waals surface area contributed by atoms with Gasteiger partial charge in [0.05, 0.1) is 0 Å². The molecule has 1 spiro atoms. The van der Waals surface area contributed by atoms with Crippen LogP contribution in [0, 0.1) is 0 Å². The standard InChI is InChI=1S/C32H38N4O6S/c1-6-7-8-9-14-27(31(38)39)33-43(40,41)36-30(37)23-12-10-11-13-24(23)32(36)25-17-15-21(34(2)3)19-28(25)42-29-20-22(35(4)5)16-18-26(29)32/h10-13,15-20,27,33H,6-9,14H2,1-5H3,(H,38,39). The summed E-state index contributed by atoms with van der Waals surface area (Å²) in [4.78, 5) is 30.3. The molecule has 0 radical (unpaired) electrons. The van der Waals surface area contributed by atoms with E-state index in [1.165, 1.54) is 0 Å². The van der Waals surface area contributed by atoms with E-state index >= 15 is 0 Å². The Bertz CT molecular complexity index is 1610. The van der Waals surface area contributed by atoms with Gasteiger partial charge < -0.3 is 19.6 Å². The molecule has 10 nitrogen and oxygen atoms in total. The lowest BCUT2D eigenvalue weighted by Gasteiger charge is -2.43. The molecule has 0 aromatic heterocycles. The summed E-state index contributed by atoms with van der Waals surface area (Å²) >= 11 is 0. The number of hydrogen-bond donors (Lipinski definition) is 2. The minimum absolute atomic E-state index is 0.102. The van der Waals surface area contributed by atoms with Gasteiger partial charge in [0.15, 0.2) is 0 Å². The topological polar surface area (TPSA) is 119 Å². The number of hydrogen-bond acceptors (Lipinski definition) is 7. The van der Waals surface area contributed by atoms with E-state index in [-0.39, 0.29) is 12.0 Å². The first-order chi connectivity index (χ1) is 20.4. The van der Waals surface area contributed by atoms with Gasteiger partial charge in [-0.05, 0) is 24.6 Å². The van der Waals surface area contributed by atoms with E-state index in [0.717, 1.165) is 34.9 Å². The highest BCUT2D eigenvalue weighted by atomic mass is 32.2. The Labute approximate surface area is 253 Å². The van der Waals surface area contributed by atoms with Crippen molar-refractivity contribution in [3.63, 3.8) is 0 Å². The van der Waals surface area contributed by atoms with Gasteiger partial charge in [0.1, 0.15) is 23.1 Å². The molecule has 43 heavy (non-hydrogen) atoms. The first kappa shape index (κ1) is 30.4. The summed E-state index contributed by atoms with van der Waals surface area (Å²) in [5.74, 6) is -1.25. The van der Waals surface area contributed by atoms with Crippen LogP contribution in [-0.2, 0) is 20.5 Å². The minimum Gasteiger partial charge on any atom is -0.480 e. The number of carbonyl (C=O) groups excluding carboxylic acids is 1. The summed E-state index contributed by atoms with van der Waals surface area (Å²) in [6, 6.07) is 16.3. The SMILES string of the molecule is CCCCCCC(NS(=O)(=O)N1C(=O)c2ccccc2C12c1ccc(N(C)C)cc1Oc1cc(N(C)C)ccc12)C(=O)O. The Morgan fingerprint density at radius 3 is 2.02 bits per heavy atom. The molecule has 1 unspecified atom stereocenters. The Hall–Kier alpha value is -4.09. The number of amides is 1. The van der Waals surface area contributed by atoms with E-state index in [0.29, 0.717) is 34.6 Å². The van der Waals surface area contributed by atoms with Crippen LogP contribution >= 0.6 is 0 Å². The highest BCUT2D eigenvalue weighted by Crippen LogP contribution is 2.59. The number of carbonyl (C=O) groups is 2. The van der Waals surface area contributed by atoms with E-state index in [1.807, 2.05) is 69.2 Å². The van der Waals surface area contributed by atoms with Crippen molar-refractivity contribution in [2.75, 3.05) is 38.0 Å². The van der Waals surface area contributed by atoms with E-state index in [9.17, 15) is 23.1 Å². The van der Waals surface area contributed by atoms with Crippen LogP contribution in [0.2, 0.25) is 0 Å². The summed E-state index contributed by atoms with van der Waals surface area (Å²) in [6.07, 6.45) is 3.29. The minimum atomic E-state index is -4.73. The number of carboxylic acid groups (broad SMARTS) is 1. The number of nitrogens with one attached hydrogen (secondary N) is 1. The first-order valence-electron chi connectivity index (χ1n) is 14.4. The van der Waals surface area contributed by atoms with Gasteiger partial charge >= 0.3 is 16.2 Å². The van der Waals surface area contributed by atoms with Crippen molar-refractivity contribution in [1.29, 1.82) is 0 Å². The number of aliphatic carboxylic acids is 1. The summed E-state index contributed by atoms with van der Waals surface area (Å²) in [7, 11) is 2.82. The lowest BCUT2D eigenvalue weighted by molar-refractivity contribution is -0.139. The van der Waals surface area contributed by atoms with Gasteiger partial charge in [0.2, 0.25) is 0 Å².